The molecular weight excluding hydrogens is 264 g/mol. The quantitative estimate of drug-likeness (QED) is 0.360. The smallest absolute Gasteiger partial charge is 0.156 e. The maximum Gasteiger partial charge on any atom is 0.156 e. The van der Waals surface area contributed by atoms with Crippen LogP contribution in [-0.4, -0.2) is 59.1 Å². The summed E-state index contributed by atoms with van der Waals surface area (Å²) in [5.74, 6) is 2.07. The fourth-order valence-corrected chi connectivity index (χ4v) is 4.34. The predicted octanol–water partition coefficient (Wildman–Crippen LogP) is 1.95. The fraction of sp³-hybridized carbons (Fsp3) is 0.938. The summed E-state index contributed by atoms with van der Waals surface area (Å²) >= 11 is 0. The molecule has 1 saturated heterocycles. The molecule has 1 aliphatic heterocycles. The molecule has 0 aromatic heterocycles. The number of rotatable bonds is 4. The number of nitrogens with zero attached hydrogens (tertiary/aromatic N) is 3. The third kappa shape index (κ3) is 4.10. The Bertz CT molecular complexity index is 342. The minimum atomic E-state index is 0.0846. The van der Waals surface area contributed by atoms with Crippen LogP contribution >= 0.6 is 0 Å². The van der Waals surface area contributed by atoms with Gasteiger partial charge < -0.3 is 10.9 Å². The van der Waals surface area contributed by atoms with Crippen molar-refractivity contribution in [3.8, 4) is 0 Å². The number of nitrogens with two attached hydrogens (primary N) is 1. The molecular formula is C16H32N4O. The lowest BCUT2D eigenvalue weighted by molar-refractivity contribution is 0.0486. The second-order valence-corrected chi connectivity index (χ2v) is 7.09. The molecule has 0 amide bonds. The molecule has 1 saturated carbocycles. The van der Waals surface area contributed by atoms with Crippen LogP contribution in [0, 0.1) is 11.8 Å². The van der Waals surface area contributed by atoms with Gasteiger partial charge in [-0.05, 0) is 37.5 Å². The molecule has 0 aromatic rings. The molecule has 0 aromatic carbocycles. The van der Waals surface area contributed by atoms with Crippen molar-refractivity contribution in [1.82, 2.24) is 9.80 Å². The van der Waals surface area contributed by atoms with E-state index in [1.165, 1.54) is 19.3 Å². The molecule has 3 N–H and O–H groups in total. The summed E-state index contributed by atoms with van der Waals surface area (Å²) in [6.45, 7) is 11.1. The van der Waals surface area contributed by atoms with E-state index in [-0.39, 0.29) is 6.04 Å². The zero-order valence-electron chi connectivity index (χ0n) is 13.8. The summed E-state index contributed by atoms with van der Waals surface area (Å²) < 4.78 is 0. The van der Waals surface area contributed by atoms with Gasteiger partial charge in [-0.2, -0.15) is 0 Å². The molecule has 1 heterocycles. The third-order valence-electron chi connectivity index (χ3n) is 5.30. The first-order chi connectivity index (χ1) is 10.0. The SMILES string of the molecule is CCC(C(N)=NO)N1CCN(C2CC(C)CC(C)C2)CC1. The van der Waals surface area contributed by atoms with Crippen LogP contribution in [-0.2, 0) is 0 Å². The Morgan fingerprint density at radius 2 is 1.71 bits per heavy atom. The first-order valence-electron chi connectivity index (χ1n) is 8.50. The van der Waals surface area contributed by atoms with Crippen molar-refractivity contribution in [2.75, 3.05) is 26.2 Å². The Kier molecular flexibility index (Phi) is 5.88. The average Bonchev–Trinajstić information content (AvgIpc) is 2.47. The van der Waals surface area contributed by atoms with E-state index >= 15 is 0 Å². The second kappa shape index (κ2) is 7.45. The second-order valence-electron chi connectivity index (χ2n) is 7.09. The topological polar surface area (TPSA) is 65.1 Å². The number of oxime groups is 1. The third-order valence-corrected chi connectivity index (χ3v) is 5.30. The van der Waals surface area contributed by atoms with Crippen LogP contribution < -0.4 is 5.73 Å². The van der Waals surface area contributed by atoms with Gasteiger partial charge in [0.15, 0.2) is 5.84 Å². The van der Waals surface area contributed by atoms with Crippen LogP contribution in [0.25, 0.3) is 0 Å². The monoisotopic (exact) mass is 296 g/mol. The van der Waals surface area contributed by atoms with Gasteiger partial charge in [0, 0.05) is 32.2 Å². The summed E-state index contributed by atoms with van der Waals surface area (Å²) in [4.78, 5) is 5.03. The van der Waals surface area contributed by atoms with Gasteiger partial charge in [-0.3, -0.25) is 9.80 Å². The summed E-state index contributed by atoms with van der Waals surface area (Å²) in [7, 11) is 0. The zero-order chi connectivity index (χ0) is 15.4. The molecule has 0 spiro atoms. The molecule has 21 heavy (non-hydrogen) atoms. The van der Waals surface area contributed by atoms with Gasteiger partial charge in [-0.15, -0.1) is 0 Å². The standard InChI is InChI=1S/C16H32N4O/c1-4-15(16(17)18-21)20-7-5-19(6-8-20)14-10-12(2)9-13(3)11-14/h12-15,21H,4-11H2,1-3H3,(H2,17,18). The Hall–Kier alpha value is -0.810. The zero-order valence-corrected chi connectivity index (χ0v) is 13.8. The van der Waals surface area contributed by atoms with E-state index in [1.54, 1.807) is 0 Å². The molecule has 5 nitrogen and oxygen atoms in total. The van der Waals surface area contributed by atoms with Crippen LogP contribution in [0.4, 0.5) is 0 Å². The highest BCUT2D eigenvalue weighted by molar-refractivity contribution is 5.85. The largest absolute Gasteiger partial charge is 0.409 e. The molecule has 0 radical (unpaired) electrons. The highest BCUT2D eigenvalue weighted by atomic mass is 16.4. The Labute approximate surface area is 129 Å². The lowest BCUT2D eigenvalue weighted by atomic mass is 9.79. The van der Waals surface area contributed by atoms with Crippen LogP contribution in [0.2, 0.25) is 0 Å². The lowest BCUT2D eigenvalue weighted by Crippen LogP contribution is -2.56. The van der Waals surface area contributed by atoms with Crippen LogP contribution in [0.1, 0.15) is 46.5 Å². The van der Waals surface area contributed by atoms with Crippen molar-refractivity contribution in [2.45, 2.75) is 58.5 Å². The average molecular weight is 296 g/mol. The van der Waals surface area contributed by atoms with Crippen LogP contribution in [0.15, 0.2) is 5.16 Å². The first-order valence-corrected chi connectivity index (χ1v) is 8.50. The molecule has 2 fully saturated rings. The van der Waals surface area contributed by atoms with E-state index in [2.05, 4.69) is 35.7 Å². The van der Waals surface area contributed by atoms with E-state index in [0.717, 1.165) is 50.5 Å². The fourth-order valence-electron chi connectivity index (χ4n) is 4.34. The van der Waals surface area contributed by atoms with E-state index in [4.69, 9.17) is 10.9 Å². The number of hydrogen-bond acceptors (Lipinski definition) is 4. The number of hydrogen-bond donors (Lipinski definition) is 2. The van der Waals surface area contributed by atoms with Crippen molar-refractivity contribution >= 4 is 5.84 Å². The van der Waals surface area contributed by atoms with Gasteiger partial charge in [0.05, 0.1) is 6.04 Å². The lowest BCUT2D eigenvalue weighted by Gasteiger charge is -2.45. The maximum absolute atomic E-state index is 8.91. The van der Waals surface area contributed by atoms with Gasteiger partial charge in [0.25, 0.3) is 0 Å². The molecule has 5 heteroatoms. The summed E-state index contributed by atoms with van der Waals surface area (Å²) in [5.41, 5.74) is 5.82. The summed E-state index contributed by atoms with van der Waals surface area (Å²) in [6, 6.07) is 0.844. The first kappa shape index (κ1) is 16.6. The van der Waals surface area contributed by atoms with E-state index in [1.807, 2.05) is 0 Å². The van der Waals surface area contributed by atoms with E-state index in [9.17, 15) is 0 Å². The van der Waals surface area contributed by atoms with Crippen molar-refractivity contribution in [3.63, 3.8) is 0 Å². The molecule has 3 atom stereocenters. The summed E-state index contributed by atoms with van der Waals surface area (Å²) in [5, 5.41) is 12.1. The van der Waals surface area contributed by atoms with Crippen molar-refractivity contribution in [3.05, 3.63) is 0 Å². The Balaban J connectivity index is 1.88. The predicted molar refractivity (Wildman–Crippen MR) is 86.6 cm³/mol. The normalized spacial score (nSPS) is 34.8. The molecule has 2 aliphatic rings. The van der Waals surface area contributed by atoms with Crippen LogP contribution in [0.3, 0.4) is 0 Å². The molecule has 0 bridgehead atoms. The van der Waals surface area contributed by atoms with Crippen LogP contribution in [0.5, 0.6) is 0 Å². The van der Waals surface area contributed by atoms with Crippen molar-refractivity contribution in [2.24, 2.45) is 22.7 Å². The van der Waals surface area contributed by atoms with E-state index in [0.29, 0.717) is 5.84 Å². The van der Waals surface area contributed by atoms with Gasteiger partial charge in [-0.25, -0.2) is 0 Å². The van der Waals surface area contributed by atoms with Crippen molar-refractivity contribution < 1.29 is 5.21 Å². The van der Waals surface area contributed by atoms with Gasteiger partial charge in [-0.1, -0.05) is 25.9 Å². The van der Waals surface area contributed by atoms with E-state index < -0.39 is 0 Å². The molecule has 2 rings (SSSR count). The summed E-state index contributed by atoms with van der Waals surface area (Å²) in [6.07, 6.45) is 4.98. The molecule has 122 valence electrons. The molecule has 3 unspecified atom stereocenters. The molecule has 1 aliphatic carbocycles. The highest BCUT2D eigenvalue weighted by Crippen LogP contribution is 2.32. The maximum atomic E-state index is 8.91. The van der Waals surface area contributed by atoms with Gasteiger partial charge >= 0.3 is 0 Å². The van der Waals surface area contributed by atoms with Gasteiger partial charge in [0.2, 0.25) is 0 Å². The highest BCUT2D eigenvalue weighted by Gasteiger charge is 2.32. The number of piperazine rings is 1. The minimum Gasteiger partial charge on any atom is -0.409 e. The number of amidine groups is 1. The van der Waals surface area contributed by atoms with Gasteiger partial charge in [0.1, 0.15) is 0 Å². The van der Waals surface area contributed by atoms with Crippen molar-refractivity contribution in [1.29, 1.82) is 0 Å². The minimum absolute atomic E-state index is 0.0846. The Morgan fingerprint density at radius 1 is 1.14 bits per heavy atom. The Morgan fingerprint density at radius 3 is 2.19 bits per heavy atom.